The number of esters is 3. The average Bonchev–Trinajstić information content (AvgIpc) is 3.34. The van der Waals surface area contributed by atoms with Crippen LogP contribution in [-0.4, -0.2) is 37.2 Å². The van der Waals surface area contributed by atoms with Crippen molar-refractivity contribution >= 4 is 17.9 Å². The molecule has 0 spiro atoms. The monoisotopic (exact) mass is 949 g/mol. The third-order valence-corrected chi connectivity index (χ3v) is 12.5. The van der Waals surface area contributed by atoms with Gasteiger partial charge in [-0.25, -0.2) is 0 Å². The van der Waals surface area contributed by atoms with Crippen LogP contribution < -0.4 is 0 Å². The maximum atomic E-state index is 12.8. The molecule has 0 aliphatic heterocycles. The van der Waals surface area contributed by atoms with E-state index in [1.807, 2.05) is 6.08 Å². The minimum Gasteiger partial charge on any atom is -0.462 e. The fraction of sp³-hybridized carbons (Fsp3) is 0.758. The Morgan fingerprint density at radius 2 is 0.603 bits per heavy atom. The second-order valence-electron chi connectivity index (χ2n) is 19.2. The van der Waals surface area contributed by atoms with Crippen molar-refractivity contribution in [1.82, 2.24) is 0 Å². The first-order valence-electron chi connectivity index (χ1n) is 28.9. The summed E-state index contributed by atoms with van der Waals surface area (Å²) >= 11 is 0. The molecular formula is C62H108O6. The maximum Gasteiger partial charge on any atom is 0.306 e. The molecule has 0 rings (SSSR count). The summed E-state index contributed by atoms with van der Waals surface area (Å²) in [7, 11) is 0. The molecule has 0 saturated heterocycles. The first kappa shape index (κ1) is 64.8. The fourth-order valence-corrected chi connectivity index (χ4v) is 8.13. The number of carbonyl (C=O) groups is 3. The lowest BCUT2D eigenvalue weighted by Crippen LogP contribution is -2.30. The van der Waals surface area contributed by atoms with Crippen molar-refractivity contribution < 1.29 is 28.6 Å². The summed E-state index contributed by atoms with van der Waals surface area (Å²) in [4.78, 5) is 38.1. The lowest BCUT2D eigenvalue weighted by Gasteiger charge is -2.18. The van der Waals surface area contributed by atoms with E-state index in [0.717, 1.165) is 77.0 Å². The summed E-state index contributed by atoms with van der Waals surface area (Å²) < 4.78 is 16.8. The van der Waals surface area contributed by atoms with Gasteiger partial charge in [-0.3, -0.25) is 14.4 Å². The van der Waals surface area contributed by atoms with Gasteiger partial charge in [0, 0.05) is 19.3 Å². The van der Waals surface area contributed by atoms with E-state index in [2.05, 4.69) is 87.6 Å². The van der Waals surface area contributed by atoms with Gasteiger partial charge >= 0.3 is 17.9 Å². The van der Waals surface area contributed by atoms with E-state index in [1.165, 1.54) is 161 Å². The molecule has 0 radical (unpaired) electrons. The SMILES string of the molecule is CC/C=C\C/C=C\C/C=C\C/C=C\CCC(=O)OCC(COC(=O)CCCCCCCCCCCCCCCCCCCCC)OC(=O)CCCCCCCCC/C=C\C/C=C\CCCCCC. The predicted octanol–water partition coefficient (Wildman–Crippen LogP) is 19.4. The van der Waals surface area contributed by atoms with E-state index in [0.29, 0.717) is 19.3 Å². The number of unbranched alkanes of at least 4 members (excludes halogenated alkanes) is 29. The molecule has 0 aliphatic rings. The number of rotatable bonds is 52. The molecule has 0 aromatic carbocycles. The van der Waals surface area contributed by atoms with Gasteiger partial charge in [0.15, 0.2) is 6.10 Å². The van der Waals surface area contributed by atoms with Crippen LogP contribution in [0.3, 0.4) is 0 Å². The maximum absolute atomic E-state index is 12.8. The Hall–Kier alpha value is -3.15. The highest BCUT2D eigenvalue weighted by atomic mass is 16.6. The molecule has 0 aromatic rings. The van der Waals surface area contributed by atoms with E-state index >= 15 is 0 Å². The minimum absolute atomic E-state index is 0.0984. The van der Waals surface area contributed by atoms with Gasteiger partial charge in [-0.15, -0.1) is 0 Å². The largest absolute Gasteiger partial charge is 0.462 e. The molecule has 0 aliphatic carbocycles. The Balaban J connectivity index is 4.40. The fourth-order valence-electron chi connectivity index (χ4n) is 8.13. The zero-order valence-electron chi connectivity index (χ0n) is 44.9. The summed E-state index contributed by atoms with van der Waals surface area (Å²) in [5, 5.41) is 0. The van der Waals surface area contributed by atoms with Crippen LogP contribution in [0, 0.1) is 0 Å². The van der Waals surface area contributed by atoms with Crippen LogP contribution in [0.2, 0.25) is 0 Å². The third kappa shape index (κ3) is 53.8. The van der Waals surface area contributed by atoms with E-state index in [-0.39, 0.29) is 37.5 Å². The number of hydrogen-bond acceptors (Lipinski definition) is 6. The van der Waals surface area contributed by atoms with Crippen LogP contribution >= 0.6 is 0 Å². The second kappa shape index (κ2) is 56.4. The molecule has 1 unspecified atom stereocenters. The first-order chi connectivity index (χ1) is 33.5. The summed E-state index contributed by atoms with van der Waals surface area (Å²) in [6.07, 6.45) is 72.0. The molecule has 0 amide bonds. The Labute approximate surface area is 421 Å². The number of allylic oxidation sites excluding steroid dienone is 12. The highest BCUT2D eigenvalue weighted by Crippen LogP contribution is 2.16. The first-order valence-corrected chi connectivity index (χ1v) is 28.9. The summed E-state index contributed by atoms with van der Waals surface area (Å²) in [5.74, 6) is -0.982. The third-order valence-electron chi connectivity index (χ3n) is 12.5. The van der Waals surface area contributed by atoms with Crippen molar-refractivity contribution in [1.29, 1.82) is 0 Å². The van der Waals surface area contributed by atoms with Gasteiger partial charge in [0.25, 0.3) is 0 Å². The van der Waals surface area contributed by atoms with Crippen molar-refractivity contribution in [3.63, 3.8) is 0 Å². The van der Waals surface area contributed by atoms with Crippen molar-refractivity contribution in [2.75, 3.05) is 13.2 Å². The zero-order valence-corrected chi connectivity index (χ0v) is 44.9. The Bertz CT molecular complexity index is 1270. The summed E-state index contributed by atoms with van der Waals surface area (Å²) in [5.41, 5.74) is 0. The van der Waals surface area contributed by atoms with Gasteiger partial charge in [0.1, 0.15) is 13.2 Å². The van der Waals surface area contributed by atoms with Gasteiger partial charge in [-0.1, -0.05) is 261 Å². The second-order valence-corrected chi connectivity index (χ2v) is 19.2. The number of ether oxygens (including phenoxy) is 3. The van der Waals surface area contributed by atoms with Crippen molar-refractivity contribution in [3.8, 4) is 0 Å². The minimum atomic E-state index is -0.807. The van der Waals surface area contributed by atoms with Crippen LogP contribution in [0.15, 0.2) is 72.9 Å². The van der Waals surface area contributed by atoms with Crippen LogP contribution in [0.25, 0.3) is 0 Å². The molecule has 0 bridgehead atoms. The van der Waals surface area contributed by atoms with E-state index in [1.54, 1.807) is 0 Å². The summed E-state index contributed by atoms with van der Waals surface area (Å²) in [6.45, 7) is 6.46. The summed E-state index contributed by atoms with van der Waals surface area (Å²) in [6, 6.07) is 0. The highest BCUT2D eigenvalue weighted by molar-refractivity contribution is 5.71. The molecule has 0 aromatic heterocycles. The molecule has 0 saturated carbocycles. The molecule has 6 heteroatoms. The predicted molar refractivity (Wildman–Crippen MR) is 293 cm³/mol. The number of carbonyl (C=O) groups excluding carboxylic acids is 3. The van der Waals surface area contributed by atoms with Crippen LogP contribution in [0.5, 0.6) is 0 Å². The molecule has 0 fully saturated rings. The van der Waals surface area contributed by atoms with Crippen molar-refractivity contribution in [2.45, 2.75) is 290 Å². The lowest BCUT2D eigenvalue weighted by molar-refractivity contribution is -0.166. The van der Waals surface area contributed by atoms with Gasteiger partial charge in [0.2, 0.25) is 0 Å². The molecule has 68 heavy (non-hydrogen) atoms. The highest BCUT2D eigenvalue weighted by Gasteiger charge is 2.19. The van der Waals surface area contributed by atoms with Crippen LogP contribution in [0.4, 0.5) is 0 Å². The van der Waals surface area contributed by atoms with Crippen LogP contribution in [0.1, 0.15) is 284 Å². The molecule has 392 valence electrons. The zero-order chi connectivity index (χ0) is 49.3. The van der Waals surface area contributed by atoms with Crippen LogP contribution in [-0.2, 0) is 28.6 Å². The van der Waals surface area contributed by atoms with E-state index < -0.39 is 6.10 Å². The quantitative estimate of drug-likeness (QED) is 0.0262. The topological polar surface area (TPSA) is 78.9 Å². The molecule has 6 nitrogen and oxygen atoms in total. The standard InChI is InChI=1S/C62H108O6/c1-4-7-10-13-16-19-22-25-27-29-31-33-34-37-40-43-46-49-52-55-61(64)67-58-59(57-66-60(63)54-51-48-45-42-39-36-24-21-18-15-12-9-6-3)68-62(65)56-53-50-47-44-41-38-35-32-30-28-26-23-20-17-14-11-8-5-2/h9,12,18,20-21,23,28,30,36,39,45,48,59H,4-8,10-11,13-17,19,22,24-27,29,31-35,37-38,40-44,46-47,49-58H2,1-3H3/b12-9-,21-18-,23-20-,30-28-,39-36-,48-45-. The van der Waals surface area contributed by atoms with Gasteiger partial charge in [-0.05, 0) is 77.0 Å². The lowest BCUT2D eigenvalue weighted by atomic mass is 10.0. The van der Waals surface area contributed by atoms with Crippen molar-refractivity contribution in [3.05, 3.63) is 72.9 Å². The molecule has 0 heterocycles. The Kier molecular flexibility index (Phi) is 53.8. The Morgan fingerprint density at radius 1 is 0.309 bits per heavy atom. The van der Waals surface area contributed by atoms with E-state index in [4.69, 9.17) is 14.2 Å². The molecule has 1 atom stereocenters. The smallest absolute Gasteiger partial charge is 0.306 e. The molecule has 0 N–H and O–H groups in total. The Morgan fingerprint density at radius 3 is 1.00 bits per heavy atom. The average molecular weight is 950 g/mol. The normalized spacial score (nSPS) is 12.6. The molecular weight excluding hydrogens is 841 g/mol. The number of hydrogen-bond donors (Lipinski definition) is 0. The van der Waals surface area contributed by atoms with E-state index in [9.17, 15) is 14.4 Å². The van der Waals surface area contributed by atoms with Gasteiger partial charge < -0.3 is 14.2 Å². The van der Waals surface area contributed by atoms with Gasteiger partial charge in [-0.2, -0.15) is 0 Å². The van der Waals surface area contributed by atoms with Crippen molar-refractivity contribution in [2.24, 2.45) is 0 Å². The van der Waals surface area contributed by atoms with Gasteiger partial charge in [0.05, 0.1) is 0 Å².